The molecule has 0 spiro atoms. The Labute approximate surface area is 170 Å². The highest BCUT2D eigenvalue weighted by molar-refractivity contribution is 5.97. The summed E-state index contributed by atoms with van der Waals surface area (Å²) < 4.78 is 0. The minimum absolute atomic E-state index is 0.000403. The number of aromatic nitrogens is 2. The summed E-state index contributed by atoms with van der Waals surface area (Å²) in [6.45, 7) is 1.54. The van der Waals surface area contributed by atoms with E-state index in [1.807, 2.05) is 6.08 Å². The third-order valence-corrected chi connectivity index (χ3v) is 5.39. The van der Waals surface area contributed by atoms with E-state index in [1.54, 1.807) is 0 Å². The smallest absolute Gasteiger partial charge is 0.254 e. The van der Waals surface area contributed by atoms with E-state index >= 15 is 0 Å². The highest BCUT2D eigenvalue weighted by Gasteiger charge is 2.23. The normalized spacial score (nSPS) is 24.8. The fourth-order valence-electron chi connectivity index (χ4n) is 3.90. The van der Waals surface area contributed by atoms with Crippen LogP contribution in [0.25, 0.3) is 0 Å². The highest BCUT2D eigenvalue weighted by atomic mass is 16.3. The topological polar surface area (TPSA) is 142 Å². The van der Waals surface area contributed by atoms with Crippen LogP contribution in [0.15, 0.2) is 18.0 Å². The first-order chi connectivity index (χ1) is 13.9. The number of hydrogen-bond donors (Lipinski definition) is 5. The maximum Gasteiger partial charge on any atom is 0.254 e. The van der Waals surface area contributed by atoms with Crippen molar-refractivity contribution in [3.05, 3.63) is 23.5 Å². The molecule has 2 amide bonds. The summed E-state index contributed by atoms with van der Waals surface area (Å²) in [5.41, 5.74) is 6.53. The molecule has 9 nitrogen and oxygen atoms in total. The largest absolute Gasteiger partial charge is 0.393 e. The van der Waals surface area contributed by atoms with Crippen LogP contribution in [0.4, 0.5) is 11.8 Å². The van der Waals surface area contributed by atoms with Crippen molar-refractivity contribution in [2.75, 3.05) is 10.6 Å². The van der Waals surface area contributed by atoms with Crippen LogP contribution in [-0.4, -0.2) is 45.1 Å². The third-order valence-electron chi connectivity index (χ3n) is 5.39. The lowest BCUT2D eigenvalue weighted by Gasteiger charge is -2.29. The van der Waals surface area contributed by atoms with Crippen molar-refractivity contribution >= 4 is 23.6 Å². The van der Waals surface area contributed by atoms with Gasteiger partial charge in [-0.05, 0) is 44.9 Å². The van der Waals surface area contributed by atoms with E-state index in [0.29, 0.717) is 18.2 Å². The first-order valence-corrected chi connectivity index (χ1v) is 10.3. The van der Waals surface area contributed by atoms with Gasteiger partial charge in [0.1, 0.15) is 11.4 Å². The Bertz CT molecular complexity index is 773. The number of carbonyl (C=O) groups is 2. The van der Waals surface area contributed by atoms with E-state index in [9.17, 15) is 14.7 Å². The van der Waals surface area contributed by atoms with Gasteiger partial charge in [-0.15, -0.1) is 0 Å². The second-order valence-corrected chi connectivity index (χ2v) is 7.86. The van der Waals surface area contributed by atoms with Gasteiger partial charge in [0, 0.05) is 37.3 Å². The van der Waals surface area contributed by atoms with E-state index in [2.05, 4.69) is 25.9 Å². The molecule has 1 aromatic rings. The number of nitrogens with two attached hydrogens (primary N) is 1. The van der Waals surface area contributed by atoms with Gasteiger partial charge in [-0.3, -0.25) is 9.59 Å². The van der Waals surface area contributed by atoms with Crippen LogP contribution < -0.4 is 21.7 Å². The maximum absolute atomic E-state index is 11.8. The number of anilines is 2. The van der Waals surface area contributed by atoms with Gasteiger partial charge in [0.25, 0.3) is 5.91 Å². The number of carbonyl (C=O) groups excluding carboxylic acids is 2. The third kappa shape index (κ3) is 6.15. The molecule has 2 aliphatic carbocycles. The lowest BCUT2D eigenvalue weighted by Crippen LogP contribution is -2.39. The van der Waals surface area contributed by atoms with Gasteiger partial charge in [-0.1, -0.05) is 6.08 Å². The molecule has 3 rings (SSSR count). The Morgan fingerprint density at radius 2 is 1.90 bits per heavy atom. The van der Waals surface area contributed by atoms with Crippen LogP contribution >= 0.6 is 0 Å². The summed E-state index contributed by atoms with van der Waals surface area (Å²) in [5, 5.41) is 19.5. The molecule has 1 atom stereocenters. The molecular weight excluding hydrogens is 372 g/mol. The van der Waals surface area contributed by atoms with Gasteiger partial charge < -0.3 is 26.8 Å². The number of nitrogens with one attached hydrogen (secondary N) is 3. The summed E-state index contributed by atoms with van der Waals surface area (Å²) in [7, 11) is 0. The molecule has 1 fully saturated rings. The van der Waals surface area contributed by atoms with Crippen LogP contribution in [0, 0.1) is 0 Å². The first kappa shape index (κ1) is 21.0. The molecule has 9 heteroatoms. The van der Waals surface area contributed by atoms with Crippen LogP contribution in [-0.2, 0) is 4.79 Å². The van der Waals surface area contributed by atoms with Crippen LogP contribution in [0.1, 0.15) is 68.6 Å². The second kappa shape index (κ2) is 9.69. The molecule has 1 aromatic heterocycles. The molecule has 158 valence electrons. The number of aliphatic hydroxyl groups excluding tert-OH is 1. The molecule has 0 unspecified atom stereocenters. The molecule has 0 aromatic carbocycles. The number of primary amides is 1. The number of allylic oxidation sites excluding steroid dienone is 1. The van der Waals surface area contributed by atoms with E-state index in [0.717, 1.165) is 50.6 Å². The standard InChI is InChI=1S/C20H30N6O3/c1-12(27)23-13-6-8-14(9-7-13)25-20-22-11-17(18(21)29)19(26-20)24-15-4-2-3-5-16(28)10-15/h4,11,13-14,16,28H,2-3,5-10H2,1H3,(H2,21,29)(H,23,27)(H2,22,24,25,26)/t13?,14?,16-/m0/s1. The average molecular weight is 402 g/mol. The Hall–Kier alpha value is -2.68. The summed E-state index contributed by atoms with van der Waals surface area (Å²) in [6.07, 6.45) is 9.64. The molecule has 29 heavy (non-hydrogen) atoms. The van der Waals surface area contributed by atoms with Crippen molar-refractivity contribution in [1.82, 2.24) is 15.3 Å². The van der Waals surface area contributed by atoms with E-state index in [-0.39, 0.29) is 23.6 Å². The molecule has 1 heterocycles. The minimum Gasteiger partial charge on any atom is -0.393 e. The second-order valence-electron chi connectivity index (χ2n) is 7.86. The number of hydrogen-bond acceptors (Lipinski definition) is 7. The van der Waals surface area contributed by atoms with Gasteiger partial charge in [0.15, 0.2) is 0 Å². The SMILES string of the molecule is CC(=O)NC1CCC(Nc2ncc(C(N)=O)c(NC3=CCCC[C@H](O)C3)n2)CC1. The van der Waals surface area contributed by atoms with Gasteiger partial charge in [0.2, 0.25) is 11.9 Å². The lowest BCUT2D eigenvalue weighted by atomic mass is 9.91. The van der Waals surface area contributed by atoms with Gasteiger partial charge >= 0.3 is 0 Å². The minimum atomic E-state index is -0.607. The molecule has 6 N–H and O–H groups in total. The van der Waals surface area contributed by atoms with E-state index < -0.39 is 12.0 Å². The van der Waals surface area contributed by atoms with Gasteiger partial charge in [-0.2, -0.15) is 4.98 Å². The fourth-order valence-corrected chi connectivity index (χ4v) is 3.90. The van der Waals surface area contributed by atoms with Crippen molar-refractivity contribution in [3.8, 4) is 0 Å². The number of amides is 2. The molecule has 2 aliphatic rings. The monoisotopic (exact) mass is 402 g/mol. The first-order valence-electron chi connectivity index (χ1n) is 10.3. The molecule has 1 saturated carbocycles. The number of rotatable bonds is 6. The fraction of sp³-hybridized carbons (Fsp3) is 0.600. The zero-order valence-electron chi connectivity index (χ0n) is 16.8. The summed E-state index contributed by atoms with van der Waals surface area (Å²) in [5.74, 6) is 0.169. The van der Waals surface area contributed by atoms with Crippen molar-refractivity contribution in [1.29, 1.82) is 0 Å². The van der Waals surface area contributed by atoms with E-state index in [1.165, 1.54) is 13.1 Å². The summed E-state index contributed by atoms with van der Waals surface area (Å²) in [6, 6.07) is 0.417. The van der Waals surface area contributed by atoms with Crippen molar-refractivity contribution in [2.24, 2.45) is 5.73 Å². The average Bonchev–Trinajstić information content (AvgIpc) is 2.86. The molecule has 0 saturated heterocycles. The summed E-state index contributed by atoms with van der Waals surface area (Å²) >= 11 is 0. The van der Waals surface area contributed by atoms with Crippen LogP contribution in [0.3, 0.4) is 0 Å². The molecular formula is C20H30N6O3. The van der Waals surface area contributed by atoms with Crippen molar-refractivity contribution in [3.63, 3.8) is 0 Å². The highest BCUT2D eigenvalue weighted by Crippen LogP contribution is 2.24. The Balaban J connectivity index is 1.68. The predicted molar refractivity (Wildman–Crippen MR) is 110 cm³/mol. The van der Waals surface area contributed by atoms with Crippen molar-refractivity contribution in [2.45, 2.75) is 76.5 Å². The molecule has 0 radical (unpaired) electrons. The Kier molecular flexibility index (Phi) is 7.03. The number of nitrogens with zero attached hydrogens (tertiary/aromatic N) is 2. The van der Waals surface area contributed by atoms with Crippen LogP contribution in [0.5, 0.6) is 0 Å². The summed E-state index contributed by atoms with van der Waals surface area (Å²) in [4.78, 5) is 31.7. The van der Waals surface area contributed by atoms with E-state index in [4.69, 9.17) is 5.73 Å². The number of aliphatic hydroxyl groups is 1. The Morgan fingerprint density at radius 3 is 2.59 bits per heavy atom. The lowest BCUT2D eigenvalue weighted by molar-refractivity contribution is -0.119. The quantitative estimate of drug-likeness (QED) is 0.487. The zero-order valence-corrected chi connectivity index (χ0v) is 16.8. The Morgan fingerprint density at radius 1 is 1.17 bits per heavy atom. The van der Waals surface area contributed by atoms with Gasteiger partial charge in [0.05, 0.1) is 6.10 Å². The van der Waals surface area contributed by atoms with Crippen molar-refractivity contribution < 1.29 is 14.7 Å². The zero-order chi connectivity index (χ0) is 20.8. The molecule has 0 bridgehead atoms. The molecule has 0 aliphatic heterocycles. The maximum atomic E-state index is 11.8. The van der Waals surface area contributed by atoms with Gasteiger partial charge in [-0.25, -0.2) is 4.98 Å². The van der Waals surface area contributed by atoms with Crippen LogP contribution in [0.2, 0.25) is 0 Å². The predicted octanol–water partition coefficient (Wildman–Crippen LogP) is 1.67.